The topological polar surface area (TPSA) is 56.0 Å². The van der Waals surface area contributed by atoms with Crippen molar-refractivity contribution >= 4 is 19.0 Å². The number of hydrogen-bond acceptors (Lipinski definition) is 3. The minimum absolute atomic E-state index is 0.0850. The van der Waals surface area contributed by atoms with Crippen LogP contribution in [-0.2, 0) is 0 Å². The molecule has 0 aliphatic heterocycles. The Morgan fingerprint density at radius 1 is 1.24 bits per heavy atom. The molecule has 0 saturated carbocycles. The minimum atomic E-state index is -0.371. The zero-order chi connectivity index (χ0) is 12.4. The molecule has 2 aromatic rings. The summed E-state index contributed by atoms with van der Waals surface area (Å²) in [4.78, 5) is 14.7. The van der Waals surface area contributed by atoms with Crippen LogP contribution in [0.5, 0.6) is 0 Å². The van der Waals surface area contributed by atoms with Crippen molar-refractivity contribution in [2.45, 2.75) is 6.92 Å². The smallest absolute Gasteiger partial charge is 0.258 e. The van der Waals surface area contributed by atoms with Crippen molar-refractivity contribution in [2.75, 3.05) is 0 Å². The van der Waals surface area contributed by atoms with Crippen LogP contribution in [-0.4, -0.2) is 17.8 Å². The zero-order valence-corrected chi connectivity index (χ0v) is 9.68. The van der Waals surface area contributed by atoms with E-state index in [1.165, 1.54) is 0 Å². The molecule has 2 rings (SSSR count). The van der Waals surface area contributed by atoms with Gasteiger partial charge in [0.15, 0.2) is 0 Å². The summed E-state index contributed by atoms with van der Waals surface area (Å²) < 4.78 is 0. The number of pyridine rings is 1. The van der Waals surface area contributed by atoms with E-state index in [1.807, 2.05) is 32.1 Å². The lowest BCUT2D eigenvalue weighted by atomic mass is 9.87. The molecule has 0 aliphatic rings. The molecule has 1 aromatic carbocycles. The summed E-state index contributed by atoms with van der Waals surface area (Å²) in [6, 6.07) is 9.31. The standard InChI is InChI=1S/C12H11BN2O2/c1-8-12(15(16)17)10(6-7-14-8)9-4-2-3-5-11(9)13/h2-7H,13H2,1H3. The highest BCUT2D eigenvalue weighted by Crippen LogP contribution is 2.29. The van der Waals surface area contributed by atoms with Gasteiger partial charge in [0.25, 0.3) is 5.69 Å². The Bertz CT molecular complexity index is 584. The molecule has 0 bridgehead atoms. The maximum absolute atomic E-state index is 11.1. The first-order valence-corrected chi connectivity index (χ1v) is 5.27. The SMILES string of the molecule is Bc1ccccc1-c1ccnc(C)c1[N+](=O)[O-]. The van der Waals surface area contributed by atoms with E-state index in [1.54, 1.807) is 19.2 Å². The van der Waals surface area contributed by atoms with E-state index in [4.69, 9.17) is 0 Å². The summed E-state index contributed by atoms with van der Waals surface area (Å²) in [6.07, 6.45) is 1.60. The first kappa shape index (κ1) is 11.3. The molecule has 0 aliphatic carbocycles. The molecular formula is C12H11BN2O2. The van der Waals surface area contributed by atoms with E-state index < -0.39 is 0 Å². The van der Waals surface area contributed by atoms with Gasteiger partial charge in [0, 0.05) is 6.20 Å². The van der Waals surface area contributed by atoms with Crippen molar-refractivity contribution in [3.8, 4) is 11.1 Å². The first-order valence-electron chi connectivity index (χ1n) is 5.27. The summed E-state index contributed by atoms with van der Waals surface area (Å²) in [5, 5.41) is 11.1. The van der Waals surface area contributed by atoms with Crippen molar-refractivity contribution in [3.63, 3.8) is 0 Å². The van der Waals surface area contributed by atoms with E-state index in [9.17, 15) is 10.1 Å². The van der Waals surface area contributed by atoms with Gasteiger partial charge in [-0.05, 0) is 18.6 Å². The largest absolute Gasteiger partial charge is 0.298 e. The Morgan fingerprint density at radius 3 is 2.59 bits per heavy atom. The molecule has 0 spiro atoms. The van der Waals surface area contributed by atoms with E-state index in [0.29, 0.717) is 11.3 Å². The Labute approximate surface area is 99.9 Å². The lowest BCUT2D eigenvalue weighted by molar-refractivity contribution is -0.385. The van der Waals surface area contributed by atoms with Crippen LogP contribution in [0, 0.1) is 17.0 Å². The number of hydrogen-bond donors (Lipinski definition) is 0. The third-order valence-electron chi connectivity index (χ3n) is 2.73. The average Bonchev–Trinajstić information content (AvgIpc) is 2.28. The van der Waals surface area contributed by atoms with Crippen LogP contribution >= 0.6 is 0 Å². The van der Waals surface area contributed by atoms with E-state index >= 15 is 0 Å². The van der Waals surface area contributed by atoms with Gasteiger partial charge in [-0.1, -0.05) is 29.7 Å². The molecule has 0 N–H and O–H groups in total. The Balaban J connectivity index is 2.72. The molecule has 17 heavy (non-hydrogen) atoms. The van der Waals surface area contributed by atoms with Gasteiger partial charge >= 0.3 is 0 Å². The maximum Gasteiger partial charge on any atom is 0.298 e. The Morgan fingerprint density at radius 2 is 1.94 bits per heavy atom. The molecule has 1 aromatic heterocycles. The second kappa shape index (κ2) is 4.37. The number of nitrogens with zero attached hydrogens (tertiary/aromatic N) is 2. The minimum Gasteiger partial charge on any atom is -0.258 e. The molecule has 5 heteroatoms. The summed E-state index contributed by atoms with van der Waals surface area (Å²) in [6.45, 7) is 1.65. The second-order valence-corrected chi connectivity index (χ2v) is 3.86. The molecule has 1 heterocycles. The van der Waals surface area contributed by atoms with Gasteiger partial charge in [0.1, 0.15) is 13.5 Å². The van der Waals surface area contributed by atoms with Crippen LogP contribution in [0.2, 0.25) is 0 Å². The molecule has 0 radical (unpaired) electrons. The van der Waals surface area contributed by atoms with Crippen molar-refractivity contribution in [2.24, 2.45) is 0 Å². The van der Waals surface area contributed by atoms with Crippen LogP contribution in [0.1, 0.15) is 5.69 Å². The molecule has 0 atom stereocenters. The van der Waals surface area contributed by atoms with Crippen LogP contribution in [0.4, 0.5) is 5.69 Å². The van der Waals surface area contributed by atoms with Crippen molar-refractivity contribution in [1.29, 1.82) is 0 Å². The quantitative estimate of drug-likeness (QED) is 0.439. The van der Waals surface area contributed by atoms with Gasteiger partial charge in [0.2, 0.25) is 0 Å². The Kier molecular flexibility index (Phi) is 2.91. The monoisotopic (exact) mass is 226 g/mol. The van der Waals surface area contributed by atoms with E-state index in [0.717, 1.165) is 11.0 Å². The number of aryl methyl sites for hydroxylation is 1. The van der Waals surface area contributed by atoms with Crippen LogP contribution in [0.25, 0.3) is 11.1 Å². The highest BCUT2D eigenvalue weighted by atomic mass is 16.6. The maximum atomic E-state index is 11.1. The fourth-order valence-corrected chi connectivity index (χ4v) is 1.88. The second-order valence-electron chi connectivity index (χ2n) is 3.86. The van der Waals surface area contributed by atoms with Gasteiger partial charge in [-0.3, -0.25) is 15.1 Å². The van der Waals surface area contributed by atoms with Crippen LogP contribution in [0.3, 0.4) is 0 Å². The van der Waals surface area contributed by atoms with E-state index in [-0.39, 0.29) is 10.6 Å². The predicted molar refractivity (Wildman–Crippen MR) is 69.2 cm³/mol. The van der Waals surface area contributed by atoms with Crippen LogP contribution < -0.4 is 5.46 Å². The highest BCUT2D eigenvalue weighted by molar-refractivity contribution is 6.36. The third kappa shape index (κ3) is 2.04. The van der Waals surface area contributed by atoms with Crippen molar-refractivity contribution in [3.05, 3.63) is 52.3 Å². The summed E-state index contributed by atoms with van der Waals surface area (Å²) >= 11 is 0. The normalized spacial score (nSPS) is 10.2. The fraction of sp³-hybridized carbons (Fsp3) is 0.0833. The fourth-order valence-electron chi connectivity index (χ4n) is 1.88. The zero-order valence-electron chi connectivity index (χ0n) is 9.68. The van der Waals surface area contributed by atoms with Gasteiger partial charge in [0.05, 0.1) is 10.5 Å². The molecule has 84 valence electrons. The molecule has 0 unspecified atom stereocenters. The molecule has 0 fully saturated rings. The molecular weight excluding hydrogens is 215 g/mol. The number of rotatable bonds is 2. The van der Waals surface area contributed by atoms with E-state index in [2.05, 4.69) is 4.98 Å². The third-order valence-corrected chi connectivity index (χ3v) is 2.73. The first-order chi connectivity index (χ1) is 8.11. The summed E-state index contributed by atoms with van der Waals surface area (Å²) in [5.41, 5.74) is 3.05. The van der Waals surface area contributed by atoms with Gasteiger partial charge in [-0.25, -0.2) is 0 Å². The van der Waals surface area contributed by atoms with Crippen molar-refractivity contribution < 1.29 is 4.92 Å². The lowest BCUT2D eigenvalue weighted by Gasteiger charge is -2.07. The number of aromatic nitrogens is 1. The predicted octanol–water partition coefficient (Wildman–Crippen LogP) is 1.22. The van der Waals surface area contributed by atoms with Gasteiger partial charge < -0.3 is 0 Å². The van der Waals surface area contributed by atoms with Crippen LogP contribution in [0.15, 0.2) is 36.5 Å². The summed E-state index contributed by atoms with van der Waals surface area (Å²) in [5.74, 6) is 0. The molecule has 0 saturated heterocycles. The average molecular weight is 226 g/mol. The molecule has 0 amide bonds. The highest BCUT2D eigenvalue weighted by Gasteiger charge is 2.19. The molecule has 4 nitrogen and oxygen atoms in total. The Hall–Kier alpha value is -2.17. The number of benzene rings is 1. The van der Waals surface area contributed by atoms with Crippen molar-refractivity contribution in [1.82, 2.24) is 4.98 Å². The van der Waals surface area contributed by atoms with Gasteiger partial charge in [-0.15, -0.1) is 0 Å². The summed E-state index contributed by atoms with van der Waals surface area (Å²) in [7, 11) is 1.94. The lowest BCUT2D eigenvalue weighted by Crippen LogP contribution is -2.07. The van der Waals surface area contributed by atoms with Gasteiger partial charge in [-0.2, -0.15) is 0 Å². The number of nitro groups is 1.